The molecule has 1 fully saturated rings. The van der Waals surface area contributed by atoms with Crippen LogP contribution in [-0.2, 0) is 4.74 Å². The summed E-state index contributed by atoms with van der Waals surface area (Å²) in [7, 11) is 3.31. The number of hydrogen-bond donors (Lipinski definition) is 1. The van der Waals surface area contributed by atoms with Gasteiger partial charge in [-0.25, -0.2) is 9.78 Å². The highest BCUT2D eigenvalue weighted by molar-refractivity contribution is 5.95. The minimum Gasteiger partial charge on any atom is -0.465 e. The van der Waals surface area contributed by atoms with Gasteiger partial charge in [0.15, 0.2) is 0 Å². The Balaban J connectivity index is 2.21. The van der Waals surface area contributed by atoms with Crippen molar-refractivity contribution in [2.75, 3.05) is 31.3 Å². The third-order valence-corrected chi connectivity index (χ3v) is 3.41. The van der Waals surface area contributed by atoms with Gasteiger partial charge in [0, 0.05) is 13.6 Å². The Morgan fingerprint density at radius 1 is 1.61 bits per heavy atom. The van der Waals surface area contributed by atoms with Crippen molar-refractivity contribution >= 4 is 17.5 Å². The number of pyridine rings is 1. The van der Waals surface area contributed by atoms with Crippen LogP contribution in [0.5, 0.6) is 0 Å². The molecular formula is C13H19N3O2. The molecule has 5 nitrogen and oxygen atoms in total. The molecule has 0 aromatic carbocycles. The summed E-state index contributed by atoms with van der Waals surface area (Å²) < 4.78 is 4.77. The third kappa shape index (κ3) is 2.55. The van der Waals surface area contributed by atoms with Crippen LogP contribution in [0.15, 0.2) is 12.3 Å². The Labute approximate surface area is 107 Å². The summed E-state index contributed by atoms with van der Waals surface area (Å²) >= 11 is 0. The van der Waals surface area contributed by atoms with E-state index in [1.807, 2.05) is 11.9 Å². The van der Waals surface area contributed by atoms with Crippen molar-refractivity contribution < 1.29 is 9.53 Å². The van der Waals surface area contributed by atoms with E-state index in [-0.39, 0.29) is 0 Å². The first-order valence-electron chi connectivity index (χ1n) is 6.16. The molecule has 2 N–H and O–H groups in total. The second kappa shape index (κ2) is 5.25. The maximum Gasteiger partial charge on any atom is 0.341 e. The maximum absolute atomic E-state index is 11.7. The zero-order chi connectivity index (χ0) is 13.1. The zero-order valence-corrected chi connectivity index (χ0v) is 10.8. The molecule has 1 saturated carbocycles. The minimum absolute atomic E-state index is 0.398. The van der Waals surface area contributed by atoms with E-state index in [0.29, 0.717) is 23.0 Å². The molecule has 0 saturated heterocycles. The first-order chi connectivity index (χ1) is 8.61. The second-order valence-electron chi connectivity index (χ2n) is 4.81. The summed E-state index contributed by atoms with van der Waals surface area (Å²) in [5.41, 5.74) is 6.57. The lowest BCUT2D eigenvalue weighted by Crippen LogP contribution is -2.31. The van der Waals surface area contributed by atoms with Gasteiger partial charge < -0.3 is 15.4 Å². The molecule has 18 heavy (non-hydrogen) atoms. The van der Waals surface area contributed by atoms with Gasteiger partial charge in [0.2, 0.25) is 0 Å². The molecule has 98 valence electrons. The van der Waals surface area contributed by atoms with Gasteiger partial charge in [-0.2, -0.15) is 0 Å². The number of anilines is 2. The molecule has 2 rings (SSSR count). The lowest BCUT2D eigenvalue weighted by molar-refractivity contribution is 0.0601. The van der Waals surface area contributed by atoms with Crippen LogP contribution in [0.2, 0.25) is 0 Å². The van der Waals surface area contributed by atoms with Gasteiger partial charge >= 0.3 is 5.97 Å². The van der Waals surface area contributed by atoms with Crippen LogP contribution in [0.4, 0.5) is 11.5 Å². The highest BCUT2D eigenvalue weighted by Gasteiger charge is 2.23. The van der Waals surface area contributed by atoms with Gasteiger partial charge in [0.25, 0.3) is 0 Å². The lowest BCUT2D eigenvalue weighted by Gasteiger charge is -2.31. The molecule has 0 unspecified atom stereocenters. The average Bonchev–Trinajstić information content (AvgIpc) is 2.32. The predicted molar refractivity (Wildman–Crippen MR) is 70.6 cm³/mol. The van der Waals surface area contributed by atoms with E-state index in [4.69, 9.17) is 10.5 Å². The van der Waals surface area contributed by atoms with Crippen molar-refractivity contribution in [2.45, 2.75) is 19.3 Å². The standard InChI is InChI=1S/C13H19N3O2/c1-16(8-9-4-3-5-9)12-11(13(17)18-2)6-10(14)7-15-12/h6-7,9H,3-5,8,14H2,1-2H3. The normalized spacial score (nSPS) is 15.0. The highest BCUT2D eigenvalue weighted by atomic mass is 16.5. The SMILES string of the molecule is COC(=O)c1cc(N)cnc1N(C)CC1CCC1. The van der Waals surface area contributed by atoms with Crippen molar-refractivity contribution in [1.29, 1.82) is 0 Å². The van der Waals surface area contributed by atoms with E-state index < -0.39 is 5.97 Å². The van der Waals surface area contributed by atoms with E-state index >= 15 is 0 Å². The topological polar surface area (TPSA) is 68.5 Å². The third-order valence-electron chi connectivity index (χ3n) is 3.41. The second-order valence-corrected chi connectivity index (χ2v) is 4.81. The molecule has 0 aliphatic heterocycles. The molecule has 5 heteroatoms. The van der Waals surface area contributed by atoms with Crippen LogP contribution < -0.4 is 10.6 Å². The number of rotatable bonds is 4. The zero-order valence-electron chi connectivity index (χ0n) is 10.8. The number of carbonyl (C=O) groups excluding carboxylic acids is 1. The number of ether oxygens (including phenoxy) is 1. The van der Waals surface area contributed by atoms with Crippen molar-refractivity contribution in [3.63, 3.8) is 0 Å². The first kappa shape index (κ1) is 12.7. The lowest BCUT2D eigenvalue weighted by atomic mass is 9.85. The Hall–Kier alpha value is -1.78. The fourth-order valence-corrected chi connectivity index (χ4v) is 2.19. The molecule has 0 atom stereocenters. The average molecular weight is 249 g/mol. The molecule has 1 aliphatic carbocycles. The quantitative estimate of drug-likeness (QED) is 0.822. The Kier molecular flexibility index (Phi) is 3.69. The highest BCUT2D eigenvalue weighted by Crippen LogP contribution is 2.29. The Morgan fingerprint density at radius 2 is 2.33 bits per heavy atom. The Morgan fingerprint density at radius 3 is 2.89 bits per heavy atom. The van der Waals surface area contributed by atoms with E-state index in [1.165, 1.54) is 26.4 Å². The fourth-order valence-electron chi connectivity index (χ4n) is 2.19. The number of nitrogen functional groups attached to an aromatic ring is 1. The van der Waals surface area contributed by atoms with Gasteiger partial charge in [0.1, 0.15) is 11.4 Å². The molecule has 1 aromatic heterocycles. The Bertz CT molecular complexity index is 444. The van der Waals surface area contributed by atoms with E-state index in [9.17, 15) is 4.79 Å². The molecular weight excluding hydrogens is 230 g/mol. The van der Waals surface area contributed by atoms with Gasteiger partial charge in [-0.05, 0) is 24.8 Å². The van der Waals surface area contributed by atoms with Crippen LogP contribution >= 0.6 is 0 Å². The number of hydrogen-bond acceptors (Lipinski definition) is 5. The van der Waals surface area contributed by atoms with Crippen LogP contribution in [0.3, 0.4) is 0 Å². The molecule has 0 radical (unpaired) electrons. The summed E-state index contributed by atoms with van der Waals surface area (Å²) in [4.78, 5) is 18.0. The maximum atomic E-state index is 11.7. The van der Waals surface area contributed by atoms with Crippen molar-refractivity contribution in [3.05, 3.63) is 17.8 Å². The van der Waals surface area contributed by atoms with Crippen molar-refractivity contribution in [3.8, 4) is 0 Å². The molecule has 0 bridgehead atoms. The van der Waals surface area contributed by atoms with Crippen LogP contribution in [0.25, 0.3) is 0 Å². The number of carbonyl (C=O) groups is 1. The molecule has 1 aromatic rings. The van der Waals surface area contributed by atoms with Gasteiger partial charge in [-0.1, -0.05) is 6.42 Å². The van der Waals surface area contributed by atoms with Crippen molar-refractivity contribution in [1.82, 2.24) is 4.98 Å². The van der Waals surface area contributed by atoms with Crippen LogP contribution in [-0.4, -0.2) is 31.7 Å². The van der Waals surface area contributed by atoms with E-state index in [0.717, 1.165) is 6.54 Å². The van der Waals surface area contributed by atoms with Gasteiger partial charge in [0.05, 0.1) is 19.0 Å². The fraction of sp³-hybridized carbons (Fsp3) is 0.538. The summed E-state index contributed by atoms with van der Waals surface area (Å²) in [6, 6.07) is 1.62. The number of aromatic nitrogens is 1. The van der Waals surface area contributed by atoms with Gasteiger partial charge in [-0.15, -0.1) is 0 Å². The largest absolute Gasteiger partial charge is 0.465 e. The number of nitrogens with zero attached hydrogens (tertiary/aromatic N) is 2. The monoisotopic (exact) mass is 249 g/mol. The molecule has 1 aliphatic rings. The van der Waals surface area contributed by atoms with E-state index in [2.05, 4.69) is 4.98 Å². The van der Waals surface area contributed by atoms with Gasteiger partial charge in [-0.3, -0.25) is 0 Å². The number of methoxy groups -OCH3 is 1. The smallest absolute Gasteiger partial charge is 0.341 e. The summed E-state index contributed by atoms with van der Waals surface area (Å²) in [6.45, 7) is 0.918. The van der Waals surface area contributed by atoms with E-state index in [1.54, 1.807) is 12.3 Å². The van der Waals surface area contributed by atoms with Crippen LogP contribution in [0, 0.1) is 5.92 Å². The van der Waals surface area contributed by atoms with Crippen LogP contribution in [0.1, 0.15) is 29.6 Å². The van der Waals surface area contributed by atoms with Crippen molar-refractivity contribution in [2.24, 2.45) is 5.92 Å². The summed E-state index contributed by atoms with van der Waals surface area (Å²) in [5, 5.41) is 0. The summed E-state index contributed by atoms with van der Waals surface area (Å²) in [5.74, 6) is 0.952. The molecule has 0 amide bonds. The number of nitrogens with two attached hydrogens (primary N) is 1. The molecule has 1 heterocycles. The minimum atomic E-state index is -0.398. The number of esters is 1. The predicted octanol–water partition coefficient (Wildman–Crippen LogP) is 1.69. The molecule has 0 spiro atoms. The summed E-state index contributed by atoms with van der Waals surface area (Å²) in [6.07, 6.45) is 5.39. The first-order valence-corrected chi connectivity index (χ1v) is 6.16.